The molecule has 0 spiro atoms. The zero-order valence-electron chi connectivity index (χ0n) is 21.5. The first-order valence-corrected chi connectivity index (χ1v) is 12.1. The van der Waals surface area contributed by atoms with Gasteiger partial charge in [-0.15, -0.1) is 0 Å². The van der Waals surface area contributed by atoms with Crippen LogP contribution in [-0.4, -0.2) is 16.2 Å². The molecule has 1 aromatic heterocycles. The van der Waals surface area contributed by atoms with Crippen molar-refractivity contribution < 1.29 is 9.32 Å². The number of carbonyl (C=O) groups excluding carboxylic acids is 1. The molecule has 5 rings (SSSR count). The van der Waals surface area contributed by atoms with Crippen molar-refractivity contribution >= 4 is 17.3 Å². The quantitative estimate of drug-likeness (QED) is 0.343. The number of hydrogen-bond acceptors (Lipinski definition) is 4. The maximum atomic E-state index is 13.5. The fourth-order valence-electron chi connectivity index (χ4n) is 4.84. The van der Waals surface area contributed by atoms with Gasteiger partial charge in [0.1, 0.15) is 0 Å². The number of anilines is 1. The molecule has 6 heteroatoms. The molecule has 2 amide bonds. The van der Waals surface area contributed by atoms with Crippen molar-refractivity contribution in [2.45, 2.75) is 47.6 Å². The van der Waals surface area contributed by atoms with Gasteiger partial charge in [-0.1, -0.05) is 53.2 Å². The molecule has 0 bridgehead atoms. The monoisotopic (exact) mass is 478 g/mol. The van der Waals surface area contributed by atoms with Gasteiger partial charge in [0, 0.05) is 11.3 Å². The van der Waals surface area contributed by atoms with Gasteiger partial charge < -0.3 is 9.84 Å². The van der Waals surface area contributed by atoms with E-state index in [0.29, 0.717) is 11.7 Å². The highest BCUT2D eigenvalue weighted by molar-refractivity contribution is 6.01. The van der Waals surface area contributed by atoms with E-state index in [4.69, 9.17) is 9.51 Å². The van der Waals surface area contributed by atoms with Crippen molar-refractivity contribution in [3.8, 4) is 11.4 Å². The highest BCUT2D eigenvalue weighted by Crippen LogP contribution is 2.39. The molecule has 1 aliphatic heterocycles. The number of nitrogens with one attached hydrogen (secondary N) is 1. The number of aromatic nitrogens is 2. The summed E-state index contributed by atoms with van der Waals surface area (Å²) in [5, 5.41) is 7.50. The van der Waals surface area contributed by atoms with E-state index in [-0.39, 0.29) is 6.03 Å². The lowest BCUT2D eigenvalue weighted by atomic mass is 9.92. The third-order valence-corrected chi connectivity index (χ3v) is 6.75. The Kier molecular flexibility index (Phi) is 5.96. The van der Waals surface area contributed by atoms with Crippen LogP contribution in [0.5, 0.6) is 0 Å². The highest BCUT2D eigenvalue weighted by Gasteiger charge is 2.36. The number of hydrogen-bond donors (Lipinski definition) is 1. The molecule has 6 nitrogen and oxygen atoms in total. The molecule has 4 aromatic rings. The van der Waals surface area contributed by atoms with Gasteiger partial charge in [0.05, 0.1) is 17.3 Å². The molecule has 3 aromatic carbocycles. The minimum atomic E-state index is -0.426. The normalized spacial score (nSPS) is 15.9. The molecule has 36 heavy (non-hydrogen) atoms. The number of aryl methyl sites for hydroxylation is 5. The van der Waals surface area contributed by atoms with Crippen LogP contribution in [0.1, 0.15) is 52.2 Å². The van der Waals surface area contributed by atoms with Crippen LogP contribution in [-0.2, 0) is 0 Å². The summed E-state index contributed by atoms with van der Waals surface area (Å²) in [7, 11) is 0. The van der Waals surface area contributed by atoms with Crippen LogP contribution >= 0.6 is 0 Å². The molecule has 182 valence electrons. The zero-order chi connectivity index (χ0) is 25.6. The third kappa shape index (κ3) is 4.31. The Morgan fingerprint density at radius 1 is 0.833 bits per heavy atom. The molecule has 0 radical (unpaired) electrons. The zero-order valence-corrected chi connectivity index (χ0v) is 21.5. The lowest BCUT2D eigenvalue weighted by Crippen LogP contribution is -2.46. The number of nitrogens with zero attached hydrogens (tertiary/aromatic N) is 3. The molecule has 0 aliphatic carbocycles. The number of amides is 2. The summed E-state index contributed by atoms with van der Waals surface area (Å²) in [5.74, 6) is 0.907. The van der Waals surface area contributed by atoms with Crippen LogP contribution in [0.15, 0.2) is 70.9 Å². The lowest BCUT2D eigenvalue weighted by Gasteiger charge is -2.35. The first-order chi connectivity index (χ1) is 17.2. The molecule has 0 saturated carbocycles. The Morgan fingerprint density at radius 2 is 1.58 bits per heavy atom. The van der Waals surface area contributed by atoms with Gasteiger partial charge in [-0.2, -0.15) is 4.98 Å². The number of urea groups is 1. The number of benzene rings is 3. The fraction of sp³-hybridized carbons (Fsp3) is 0.233. The minimum Gasteiger partial charge on any atom is -0.334 e. The maximum absolute atomic E-state index is 13.5. The van der Waals surface area contributed by atoms with Gasteiger partial charge in [-0.3, -0.25) is 4.90 Å². The number of carbonyl (C=O) groups is 1. The fourth-order valence-corrected chi connectivity index (χ4v) is 4.84. The predicted molar refractivity (Wildman–Crippen MR) is 143 cm³/mol. The van der Waals surface area contributed by atoms with Crippen molar-refractivity contribution in [2.24, 2.45) is 0 Å². The van der Waals surface area contributed by atoms with Crippen LogP contribution in [0, 0.1) is 34.6 Å². The molecule has 0 saturated heterocycles. The van der Waals surface area contributed by atoms with Crippen LogP contribution in [0.25, 0.3) is 17.0 Å². The standard InChI is InChI=1S/C30H30N4O2/c1-17-8-7-9-24(13-17)28-32-29(36-33-28)26-22(6)34(25-14-18(2)12-19(3)15-25)30(35)31-27(26)23-11-10-20(4)21(5)16-23/h7-16,27H,1-6H3,(H,31,35). The summed E-state index contributed by atoms with van der Waals surface area (Å²) in [6, 6.07) is 19.7. The molecule has 1 unspecified atom stereocenters. The average Bonchev–Trinajstić information content (AvgIpc) is 3.30. The Bertz CT molecular complexity index is 1490. The lowest BCUT2D eigenvalue weighted by molar-refractivity contribution is 0.244. The highest BCUT2D eigenvalue weighted by atomic mass is 16.5. The third-order valence-electron chi connectivity index (χ3n) is 6.75. The second kappa shape index (κ2) is 9.11. The minimum absolute atomic E-state index is 0.192. The van der Waals surface area contributed by atoms with E-state index in [1.165, 1.54) is 5.56 Å². The van der Waals surface area contributed by atoms with Gasteiger partial charge in [-0.05, 0) is 87.6 Å². The molecule has 1 atom stereocenters. The van der Waals surface area contributed by atoms with E-state index in [0.717, 1.165) is 50.3 Å². The topological polar surface area (TPSA) is 71.3 Å². The van der Waals surface area contributed by atoms with E-state index in [9.17, 15) is 4.79 Å². The molecule has 2 heterocycles. The second-order valence-electron chi connectivity index (χ2n) is 9.70. The van der Waals surface area contributed by atoms with Crippen LogP contribution in [0.3, 0.4) is 0 Å². The summed E-state index contributed by atoms with van der Waals surface area (Å²) in [6.07, 6.45) is 0. The Labute approximate surface area is 211 Å². The first-order valence-electron chi connectivity index (χ1n) is 12.1. The second-order valence-corrected chi connectivity index (χ2v) is 9.70. The average molecular weight is 479 g/mol. The van der Waals surface area contributed by atoms with Crippen LogP contribution < -0.4 is 10.2 Å². The predicted octanol–water partition coefficient (Wildman–Crippen LogP) is 6.98. The van der Waals surface area contributed by atoms with Gasteiger partial charge >= 0.3 is 6.03 Å². The summed E-state index contributed by atoms with van der Waals surface area (Å²) >= 11 is 0. The van der Waals surface area contributed by atoms with Crippen molar-refractivity contribution in [1.82, 2.24) is 15.5 Å². The molecular weight excluding hydrogens is 448 g/mol. The summed E-state index contributed by atoms with van der Waals surface area (Å²) in [4.78, 5) is 20.0. The van der Waals surface area contributed by atoms with E-state index in [1.807, 2.05) is 70.2 Å². The van der Waals surface area contributed by atoms with Gasteiger partial charge in [0.25, 0.3) is 5.89 Å². The summed E-state index contributed by atoms with van der Waals surface area (Å²) < 4.78 is 5.84. The smallest absolute Gasteiger partial charge is 0.326 e. The first kappa shape index (κ1) is 23.5. The van der Waals surface area contributed by atoms with E-state index >= 15 is 0 Å². The molecule has 1 N–H and O–H groups in total. The Morgan fingerprint density at radius 3 is 2.28 bits per heavy atom. The van der Waals surface area contributed by atoms with Crippen LogP contribution in [0.4, 0.5) is 10.5 Å². The maximum Gasteiger partial charge on any atom is 0.326 e. The van der Waals surface area contributed by atoms with E-state index < -0.39 is 6.04 Å². The van der Waals surface area contributed by atoms with Crippen molar-refractivity contribution in [3.63, 3.8) is 0 Å². The Balaban J connectivity index is 1.69. The Hall–Kier alpha value is -4.19. The summed E-state index contributed by atoms with van der Waals surface area (Å²) in [6.45, 7) is 12.2. The largest absolute Gasteiger partial charge is 0.334 e. The van der Waals surface area contributed by atoms with E-state index in [1.54, 1.807) is 4.90 Å². The van der Waals surface area contributed by atoms with Crippen LogP contribution in [0.2, 0.25) is 0 Å². The van der Waals surface area contributed by atoms with Gasteiger partial charge in [-0.25, -0.2) is 4.79 Å². The van der Waals surface area contributed by atoms with Crippen molar-refractivity contribution in [3.05, 3.63) is 106 Å². The van der Waals surface area contributed by atoms with Crippen molar-refractivity contribution in [1.29, 1.82) is 0 Å². The van der Waals surface area contributed by atoms with Gasteiger partial charge in [0.2, 0.25) is 5.82 Å². The van der Waals surface area contributed by atoms with E-state index in [2.05, 4.69) is 42.5 Å². The van der Waals surface area contributed by atoms with Gasteiger partial charge in [0.15, 0.2) is 0 Å². The SMILES string of the molecule is CC1=C(c2nc(-c3cccc(C)c3)no2)C(c2ccc(C)c(C)c2)NC(=O)N1c1cc(C)cc(C)c1. The molecular formula is C30H30N4O2. The molecule has 1 aliphatic rings. The molecule has 0 fully saturated rings. The number of allylic oxidation sites excluding steroid dienone is 1. The number of rotatable bonds is 4. The summed E-state index contributed by atoms with van der Waals surface area (Å²) in [5.41, 5.74) is 9.83. The van der Waals surface area contributed by atoms with Crippen molar-refractivity contribution in [2.75, 3.05) is 4.90 Å².